The van der Waals surface area contributed by atoms with Gasteiger partial charge in [-0.3, -0.25) is 4.79 Å². The Morgan fingerprint density at radius 2 is 2.11 bits per heavy atom. The molecule has 1 fully saturated rings. The van der Waals surface area contributed by atoms with Gasteiger partial charge < -0.3 is 10.6 Å². The Morgan fingerprint density at radius 1 is 1.32 bits per heavy atom. The molecule has 1 atom stereocenters. The summed E-state index contributed by atoms with van der Waals surface area (Å²) in [5.74, 6) is 2.92. The van der Waals surface area contributed by atoms with E-state index in [-0.39, 0.29) is 11.9 Å². The number of benzene rings is 1. The Bertz CT molecular complexity index is 1090. The lowest BCUT2D eigenvalue weighted by Gasteiger charge is -2.32. The highest BCUT2D eigenvalue weighted by atomic mass is 16.2. The molecule has 7 nitrogen and oxygen atoms in total. The van der Waals surface area contributed by atoms with Gasteiger partial charge in [-0.05, 0) is 31.1 Å². The molecule has 28 heavy (non-hydrogen) atoms. The van der Waals surface area contributed by atoms with Crippen LogP contribution in [0.15, 0.2) is 43.2 Å². The third-order valence-electron chi connectivity index (χ3n) is 5.07. The van der Waals surface area contributed by atoms with Gasteiger partial charge >= 0.3 is 0 Å². The second kappa shape index (κ2) is 7.16. The van der Waals surface area contributed by atoms with Crippen molar-refractivity contribution < 1.29 is 4.79 Å². The number of nitrogens with zero attached hydrogens (tertiary/aromatic N) is 5. The molecule has 1 saturated heterocycles. The van der Waals surface area contributed by atoms with Crippen molar-refractivity contribution in [3.05, 3.63) is 48.8 Å². The van der Waals surface area contributed by atoms with Crippen LogP contribution in [0.5, 0.6) is 0 Å². The molecule has 7 heteroatoms. The normalized spacial score (nSPS) is 16.7. The zero-order valence-corrected chi connectivity index (χ0v) is 15.4. The Balaban J connectivity index is 1.81. The van der Waals surface area contributed by atoms with Crippen molar-refractivity contribution >= 4 is 22.8 Å². The van der Waals surface area contributed by atoms with E-state index in [1.54, 1.807) is 4.90 Å². The number of nitrogen functional groups attached to an aromatic ring is 1. The summed E-state index contributed by atoms with van der Waals surface area (Å²) < 4.78 is 1.88. The van der Waals surface area contributed by atoms with Crippen LogP contribution < -0.4 is 5.73 Å². The highest BCUT2D eigenvalue weighted by Gasteiger charge is 2.27. The molecule has 0 bridgehead atoms. The van der Waals surface area contributed by atoms with Crippen LogP contribution in [0.2, 0.25) is 0 Å². The Kier molecular flexibility index (Phi) is 4.53. The number of hydrogen-bond donors (Lipinski definition) is 1. The molecule has 0 saturated carbocycles. The van der Waals surface area contributed by atoms with E-state index >= 15 is 0 Å². The van der Waals surface area contributed by atoms with Crippen LogP contribution >= 0.6 is 0 Å². The third-order valence-corrected chi connectivity index (χ3v) is 5.07. The maximum absolute atomic E-state index is 12.1. The molecule has 2 N–H and O–H groups in total. The van der Waals surface area contributed by atoms with E-state index in [0.717, 1.165) is 30.5 Å². The van der Waals surface area contributed by atoms with Crippen molar-refractivity contribution in [3.8, 4) is 23.6 Å². The summed E-state index contributed by atoms with van der Waals surface area (Å²) in [6.07, 6.45) is 10.0. The molecule has 140 valence electrons. The summed E-state index contributed by atoms with van der Waals surface area (Å²) >= 11 is 0. The number of aromatic nitrogens is 4. The molecule has 4 rings (SSSR count). The average Bonchev–Trinajstić information content (AvgIpc) is 3.14. The number of fused-ring (bicyclic) bond motifs is 1. The number of hydrogen-bond acceptors (Lipinski definition) is 5. The van der Waals surface area contributed by atoms with Gasteiger partial charge in [-0.25, -0.2) is 14.6 Å². The Morgan fingerprint density at radius 3 is 2.82 bits per heavy atom. The quantitative estimate of drug-likeness (QED) is 0.563. The predicted molar refractivity (Wildman–Crippen MR) is 108 cm³/mol. The fourth-order valence-corrected chi connectivity index (χ4v) is 3.66. The van der Waals surface area contributed by atoms with Gasteiger partial charge in [0.25, 0.3) is 0 Å². The first-order chi connectivity index (χ1) is 13.6. The lowest BCUT2D eigenvalue weighted by molar-refractivity contribution is -0.127. The molecule has 2 aromatic heterocycles. The van der Waals surface area contributed by atoms with Crippen molar-refractivity contribution in [2.75, 3.05) is 18.8 Å². The van der Waals surface area contributed by atoms with Gasteiger partial charge in [-0.2, -0.15) is 5.10 Å². The molecule has 3 heterocycles. The number of anilines is 1. The van der Waals surface area contributed by atoms with Gasteiger partial charge in [-0.1, -0.05) is 24.6 Å². The maximum Gasteiger partial charge on any atom is 0.246 e. The monoisotopic (exact) mass is 372 g/mol. The van der Waals surface area contributed by atoms with Gasteiger partial charge in [0.2, 0.25) is 5.91 Å². The SMILES string of the molecule is C#Cc1ccc(-c2nn(C3CCCN(C(=O)C=C)C3)c3ncnc(N)c23)cc1. The summed E-state index contributed by atoms with van der Waals surface area (Å²) in [4.78, 5) is 22.4. The summed E-state index contributed by atoms with van der Waals surface area (Å²) in [6.45, 7) is 4.87. The first kappa shape index (κ1) is 17.7. The molecular formula is C21H20N6O. The molecule has 3 aromatic rings. The summed E-state index contributed by atoms with van der Waals surface area (Å²) in [5, 5.41) is 5.55. The third kappa shape index (κ3) is 2.99. The fraction of sp³-hybridized carbons (Fsp3) is 0.238. The van der Waals surface area contributed by atoms with Crippen LogP contribution in [0.25, 0.3) is 22.3 Å². The smallest absolute Gasteiger partial charge is 0.246 e. The Hall–Kier alpha value is -3.66. The van der Waals surface area contributed by atoms with Gasteiger partial charge in [0.05, 0.1) is 11.4 Å². The van der Waals surface area contributed by atoms with Crippen molar-refractivity contribution in [3.63, 3.8) is 0 Å². The fourth-order valence-electron chi connectivity index (χ4n) is 3.66. The zero-order valence-electron chi connectivity index (χ0n) is 15.4. The van der Waals surface area contributed by atoms with Gasteiger partial charge in [0.1, 0.15) is 17.8 Å². The molecular weight excluding hydrogens is 352 g/mol. The van der Waals surface area contributed by atoms with E-state index in [0.29, 0.717) is 29.1 Å². The second-order valence-corrected chi connectivity index (χ2v) is 6.76. The molecule has 1 aliphatic heterocycles. The Labute approximate surface area is 162 Å². The van der Waals surface area contributed by atoms with Crippen LogP contribution in [-0.4, -0.2) is 43.6 Å². The minimum absolute atomic E-state index is 0.00758. The average molecular weight is 372 g/mol. The molecule has 1 unspecified atom stereocenters. The van der Waals surface area contributed by atoms with E-state index < -0.39 is 0 Å². The van der Waals surface area contributed by atoms with Crippen molar-refractivity contribution in [2.45, 2.75) is 18.9 Å². The summed E-state index contributed by atoms with van der Waals surface area (Å²) in [6, 6.07) is 7.58. The van der Waals surface area contributed by atoms with Crippen molar-refractivity contribution in [2.24, 2.45) is 0 Å². The minimum atomic E-state index is -0.0691. The highest BCUT2D eigenvalue weighted by Crippen LogP contribution is 2.33. The van der Waals surface area contributed by atoms with E-state index in [1.807, 2.05) is 28.9 Å². The summed E-state index contributed by atoms with van der Waals surface area (Å²) in [5.41, 5.74) is 9.24. The molecule has 1 aromatic carbocycles. The van der Waals surface area contributed by atoms with Crippen LogP contribution in [-0.2, 0) is 4.79 Å². The number of terminal acetylenes is 1. The first-order valence-electron chi connectivity index (χ1n) is 9.09. The molecule has 0 aliphatic carbocycles. The second-order valence-electron chi connectivity index (χ2n) is 6.76. The number of rotatable bonds is 3. The van der Waals surface area contributed by atoms with Crippen LogP contribution in [0.3, 0.4) is 0 Å². The minimum Gasteiger partial charge on any atom is -0.383 e. The largest absolute Gasteiger partial charge is 0.383 e. The molecule has 0 radical (unpaired) electrons. The molecule has 1 amide bonds. The van der Waals surface area contributed by atoms with Crippen molar-refractivity contribution in [1.82, 2.24) is 24.6 Å². The van der Waals surface area contributed by atoms with Crippen LogP contribution in [0.4, 0.5) is 5.82 Å². The van der Waals surface area contributed by atoms with Crippen molar-refractivity contribution in [1.29, 1.82) is 0 Å². The number of carbonyl (C=O) groups excluding carboxylic acids is 1. The number of piperidine rings is 1. The maximum atomic E-state index is 12.1. The standard InChI is InChI=1S/C21H20N6O/c1-3-14-7-9-15(10-8-14)19-18-20(22)23-13-24-21(18)27(25-19)16-6-5-11-26(12-16)17(28)4-2/h1,4,7-10,13,16H,2,5-6,11-12H2,(H2,22,23,24). The number of carbonyl (C=O) groups is 1. The lowest BCUT2D eigenvalue weighted by Crippen LogP contribution is -2.40. The van der Waals surface area contributed by atoms with Gasteiger partial charge in [0, 0.05) is 24.2 Å². The summed E-state index contributed by atoms with van der Waals surface area (Å²) in [7, 11) is 0. The molecule has 0 spiro atoms. The van der Waals surface area contributed by atoms with E-state index in [4.69, 9.17) is 17.3 Å². The lowest BCUT2D eigenvalue weighted by atomic mass is 10.1. The number of nitrogens with two attached hydrogens (primary N) is 1. The van der Waals surface area contributed by atoms with E-state index in [9.17, 15) is 4.79 Å². The predicted octanol–water partition coefficient (Wildman–Crippen LogP) is 2.41. The first-order valence-corrected chi connectivity index (χ1v) is 9.09. The van der Waals surface area contributed by atoms with E-state index in [2.05, 4.69) is 22.5 Å². The topological polar surface area (TPSA) is 89.9 Å². The van der Waals surface area contributed by atoms with E-state index in [1.165, 1.54) is 12.4 Å². The highest BCUT2D eigenvalue weighted by molar-refractivity contribution is 5.98. The van der Waals surface area contributed by atoms with Crippen LogP contribution in [0.1, 0.15) is 24.4 Å². The van der Waals surface area contributed by atoms with Gasteiger partial charge in [0.15, 0.2) is 5.65 Å². The zero-order chi connectivity index (χ0) is 19.7. The number of amides is 1. The van der Waals surface area contributed by atoms with Crippen LogP contribution in [0, 0.1) is 12.3 Å². The molecule has 1 aliphatic rings. The van der Waals surface area contributed by atoms with Gasteiger partial charge in [-0.15, -0.1) is 6.42 Å². The number of likely N-dealkylation sites (tertiary alicyclic amines) is 1.